The molecule has 0 radical (unpaired) electrons. The van der Waals surface area contributed by atoms with Crippen LogP contribution in [0.15, 0.2) is 24.3 Å². The Morgan fingerprint density at radius 2 is 2.00 bits per heavy atom. The van der Waals surface area contributed by atoms with Crippen LogP contribution in [-0.2, 0) is 9.53 Å². The normalized spacial score (nSPS) is 21.0. The molecule has 0 spiro atoms. The Morgan fingerprint density at radius 1 is 1.26 bits per heavy atom. The van der Waals surface area contributed by atoms with Crippen LogP contribution in [0.2, 0.25) is 5.02 Å². The van der Waals surface area contributed by atoms with Crippen molar-refractivity contribution in [2.24, 2.45) is 0 Å². The monoisotopic (exact) mass is 349 g/mol. The number of halogens is 1. The first-order valence-corrected chi connectivity index (χ1v) is 8.79. The molecule has 1 atom stereocenters. The van der Waals surface area contributed by atoms with E-state index in [1.54, 1.807) is 11.3 Å². The molecule has 0 saturated carbocycles. The molecule has 5 nitrogen and oxygen atoms in total. The number of nitrogens with zero attached hydrogens (tertiary/aromatic N) is 2. The number of carbonyl (C=O) groups is 1. The van der Waals surface area contributed by atoms with Crippen LogP contribution in [0.4, 0.5) is 10.9 Å². The average Bonchev–Trinajstić information content (AvgIpc) is 2.99. The van der Waals surface area contributed by atoms with Gasteiger partial charge in [0.05, 0.1) is 18.1 Å². The highest BCUT2D eigenvalue weighted by Gasteiger charge is 2.31. The van der Waals surface area contributed by atoms with Gasteiger partial charge in [-0.2, -0.15) is 0 Å². The van der Waals surface area contributed by atoms with Gasteiger partial charge in [-0.3, -0.25) is 4.79 Å². The van der Waals surface area contributed by atoms with E-state index in [9.17, 15) is 4.79 Å². The van der Waals surface area contributed by atoms with E-state index in [-0.39, 0.29) is 11.8 Å². The van der Waals surface area contributed by atoms with Crippen LogP contribution in [0.3, 0.4) is 0 Å². The Kier molecular flexibility index (Phi) is 3.97. The quantitative estimate of drug-likeness (QED) is 0.905. The van der Waals surface area contributed by atoms with Crippen molar-refractivity contribution in [3.05, 3.63) is 39.7 Å². The lowest BCUT2D eigenvalue weighted by molar-refractivity contribution is -0.116. The molecule has 0 aliphatic carbocycles. The average molecular weight is 350 g/mol. The second-order valence-electron chi connectivity index (χ2n) is 5.67. The highest BCUT2D eigenvalue weighted by molar-refractivity contribution is 7.16. The van der Waals surface area contributed by atoms with Crippen LogP contribution in [-0.4, -0.2) is 37.2 Å². The molecule has 1 aromatic carbocycles. The zero-order valence-corrected chi connectivity index (χ0v) is 14.0. The smallest absolute Gasteiger partial charge is 0.226 e. The van der Waals surface area contributed by atoms with Crippen molar-refractivity contribution in [2.45, 2.75) is 12.3 Å². The van der Waals surface area contributed by atoms with Crippen molar-refractivity contribution in [1.29, 1.82) is 0 Å². The van der Waals surface area contributed by atoms with Crippen molar-refractivity contribution in [1.82, 2.24) is 4.98 Å². The molecule has 2 aliphatic heterocycles. The molecule has 2 aliphatic rings. The topological polar surface area (TPSA) is 54.5 Å². The lowest BCUT2D eigenvalue weighted by Crippen LogP contribution is -2.36. The number of thiazole rings is 1. The van der Waals surface area contributed by atoms with Crippen LogP contribution in [0, 0.1) is 0 Å². The summed E-state index contributed by atoms with van der Waals surface area (Å²) in [5.74, 6) is 0.757. The molecule has 3 heterocycles. The summed E-state index contributed by atoms with van der Waals surface area (Å²) in [5.41, 5.74) is 1.10. The molecule has 2 aromatic rings. The highest BCUT2D eigenvalue weighted by atomic mass is 35.5. The van der Waals surface area contributed by atoms with Crippen molar-refractivity contribution >= 4 is 39.8 Å². The first kappa shape index (κ1) is 14.9. The van der Waals surface area contributed by atoms with Gasteiger partial charge in [-0.25, -0.2) is 4.98 Å². The molecule has 1 amide bonds. The maximum absolute atomic E-state index is 12.1. The minimum atomic E-state index is 0.0104. The molecule has 7 heteroatoms. The molecule has 4 rings (SSSR count). The first-order chi connectivity index (χ1) is 11.2. The summed E-state index contributed by atoms with van der Waals surface area (Å²) in [5, 5.41) is 4.57. The van der Waals surface area contributed by atoms with Crippen LogP contribution in [0.1, 0.15) is 22.8 Å². The zero-order valence-electron chi connectivity index (χ0n) is 12.4. The van der Waals surface area contributed by atoms with E-state index in [2.05, 4.69) is 15.2 Å². The number of ether oxygens (including phenoxy) is 1. The number of anilines is 2. The Balaban J connectivity index is 1.69. The van der Waals surface area contributed by atoms with Gasteiger partial charge in [0.25, 0.3) is 0 Å². The number of morpholine rings is 1. The van der Waals surface area contributed by atoms with E-state index in [4.69, 9.17) is 16.3 Å². The highest BCUT2D eigenvalue weighted by Crippen LogP contribution is 2.43. The standard InChI is InChI=1S/C16H16ClN3O2S/c17-11-3-1-10(2-4-11)12-9-13(21)18-15-14(12)23-16(19-15)20-5-7-22-8-6-20/h1-4,12H,5-9H2,(H,18,21)/t12-/m0/s1. The fourth-order valence-corrected chi connectivity index (χ4v) is 4.29. The second kappa shape index (κ2) is 6.11. The Bertz CT molecular complexity index is 725. The van der Waals surface area contributed by atoms with Gasteiger partial charge in [-0.15, -0.1) is 0 Å². The van der Waals surface area contributed by atoms with Gasteiger partial charge in [0, 0.05) is 30.5 Å². The lowest BCUT2D eigenvalue weighted by atomic mass is 9.92. The molecule has 1 fully saturated rings. The maximum Gasteiger partial charge on any atom is 0.226 e. The number of nitrogens with one attached hydrogen (secondary N) is 1. The van der Waals surface area contributed by atoms with Gasteiger partial charge in [-0.05, 0) is 17.7 Å². The predicted octanol–water partition coefficient (Wildman–Crippen LogP) is 3.11. The summed E-state index contributed by atoms with van der Waals surface area (Å²) in [7, 11) is 0. The predicted molar refractivity (Wildman–Crippen MR) is 91.7 cm³/mol. The van der Waals surface area contributed by atoms with Gasteiger partial charge >= 0.3 is 0 Å². The van der Waals surface area contributed by atoms with E-state index in [0.29, 0.717) is 17.3 Å². The minimum Gasteiger partial charge on any atom is -0.378 e. The minimum absolute atomic E-state index is 0.0104. The number of carbonyl (C=O) groups excluding carboxylic acids is 1. The summed E-state index contributed by atoms with van der Waals surface area (Å²) >= 11 is 7.64. The number of hydrogen-bond donors (Lipinski definition) is 1. The lowest BCUT2D eigenvalue weighted by Gasteiger charge is -2.26. The molecule has 23 heavy (non-hydrogen) atoms. The number of amides is 1. The van der Waals surface area contributed by atoms with Crippen molar-refractivity contribution < 1.29 is 9.53 Å². The van der Waals surface area contributed by atoms with E-state index in [1.807, 2.05) is 24.3 Å². The number of hydrogen-bond acceptors (Lipinski definition) is 5. The van der Waals surface area contributed by atoms with E-state index in [0.717, 1.165) is 41.9 Å². The van der Waals surface area contributed by atoms with Gasteiger partial charge in [-0.1, -0.05) is 35.1 Å². The SMILES string of the molecule is O=C1C[C@@H](c2ccc(Cl)cc2)c2sc(N3CCOCC3)nc2N1. The summed E-state index contributed by atoms with van der Waals surface area (Å²) in [4.78, 5) is 20.0. The van der Waals surface area contributed by atoms with Crippen LogP contribution in [0.25, 0.3) is 0 Å². The van der Waals surface area contributed by atoms with Crippen molar-refractivity contribution in [3.63, 3.8) is 0 Å². The molecular formula is C16H16ClN3O2S. The van der Waals surface area contributed by atoms with E-state index < -0.39 is 0 Å². The van der Waals surface area contributed by atoms with Crippen molar-refractivity contribution in [2.75, 3.05) is 36.5 Å². The van der Waals surface area contributed by atoms with Gasteiger partial charge in [0.1, 0.15) is 5.82 Å². The second-order valence-corrected chi connectivity index (χ2v) is 7.11. The van der Waals surface area contributed by atoms with E-state index >= 15 is 0 Å². The van der Waals surface area contributed by atoms with Gasteiger partial charge < -0.3 is 15.0 Å². The Morgan fingerprint density at radius 3 is 2.74 bits per heavy atom. The molecule has 1 saturated heterocycles. The first-order valence-electron chi connectivity index (χ1n) is 7.59. The third kappa shape index (κ3) is 2.94. The zero-order chi connectivity index (χ0) is 15.8. The molecule has 120 valence electrons. The molecular weight excluding hydrogens is 334 g/mol. The number of fused-ring (bicyclic) bond motifs is 1. The summed E-state index contributed by atoms with van der Waals surface area (Å²) in [6.07, 6.45) is 0.444. The maximum atomic E-state index is 12.1. The summed E-state index contributed by atoms with van der Waals surface area (Å²) < 4.78 is 5.39. The van der Waals surface area contributed by atoms with Crippen LogP contribution in [0.5, 0.6) is 0 Å². The Hall–Kier alpha value is -1.63. The Labute approximate surface area is 143 Å². The molecule has 1 N–H and O–H groups in total. The van der Waals surface area contributed by atoms with Gasteiger partial charge in [0.2, 0.25) is 5.91 Å². The third-order valence-corrected chi connectivity index (χ3v) is 5.64. The molecule has 1 aromatic heterocycles. The number of rotatable bonds is 2. The number of benzene rings is 1. The van der Waals surface area contributed by atoms with Crippen molar-refractivity contribution in [3.8, 4) is 0 Å². The largest absolute Gasteiger partial charge is 0.378 e. The molecule has 0 unspecified atom stereocenters. The molecule has 0 bridgehead atoms. The van der Waals surface area contributed by atoms with Crippen LogP contribution < -0.4 is 10.2 Å². The third-order valence-electron chi connectivity index (χ3n) is 4.16. The fourth-order valence-electron chi connectivity index (χ4n) is 2.96. The van der Waals surface area contributed by atoms with E-state index in [1.165, 1.54) is 0 Å². The number of aromatic nitrogens is 1. The summed E-state index contributed by atoms with van der Waals surface area (Å²) in [6, 6.07) is 7.72. The summed E-state index contributed by atoms with van der Waals surface area (Å²) in [6.45, 7) is 3.12. The van der Waals surface area contributed by atoms with Crippen LogP contribution >= 0.6 is 22.9 Å². The fraction of sp³-hybridized carbons (Fsp3) is 0.375. The van der Waals surface area contributed by atoms with Gasteiger partial charge in [0.15, 0.2) is 5.13 Å².